The van der Waals surface area contributed by atoms with E-state index in [1.54, 1.807) is 32.3 Å². The fourth-order valence-corrected chi connectivity index (χ4v) is 3.16. The number of rotatable bonds is 5. The maximum atomic E-state index is 12.5. The van der Waals surface area contributed by atoms with Crippen molar-refractivity contribution >= 4 is 33.2 Å². The molecule has 2 N–H and O–H groups in total. The van der Waals surface area contributed by atoms with Crippen molar-refractivity contribution in [2.24, 2.45) is 0 Å². The molecule has 2 aromatic carbocycles. The summed E-state index contributed by atoms with van der Waals surface area (Å²) in [6.07, 6.45) is 0. The van der Waals surface area contributed by atoms with E-state index in [4.69, 9.17) is 0 Å². The predicted molar refractivity (Wildman–Crippen MR) is 96.0 cm³/mol. The molecule has 0 atom stereocenters. The van der Waals surface area contributed by atoms with Crippen LogP contribution in [0.25, 0.3) is 0 Å². The summed E-state index contributed by atoms with van der Waals surface area (Å²) >= 11 is 0. The third kappa shape index (κ3) is 4.80. The first-order valence-electron chi connectivity index (χ1n) is 7.41. The molecule has 0 heterocycles. The number of hydrogen-bond acceptors (Lipinski definition) is 4. The zero-order valence-electron chi connectivity index (χ0n) is 14.1. The Balaban J connectivity index is 2.22. The summed E-state index contributed by atoms with van der Waals surface area (Å²) in [6, 6.07) is 12.0. The van der Waals surface area contributed by atoms with Crippen LogP contribution in [-0.2, 0) is 14.8 Å². The number of carbonyl (C=O) groups is 2. The molecular formula is C17H19N3O4S. The van der Waals surface area contributed by atoms with E-state index in [2.05, 4.69) is 10.0 Å². The summed E-state index contributed by atoms with van der Waals surface area (Å²) in [7, 11) is -0.567. The lowest BCUT2D eigenvalue weighted by molar-refractivity contribution is -0.114. The summed E-state index contributed by atoms with van der Waals surface area (Å²) in [4.78, 5) is 24.4. The maximum Gasteiger partial charge on any atom is 0.261 e. The van der Waals surface area contributed by atoms with Gasteiger partial charge in [0.2, 0.25) is 5.91 Å². The molecule has 8 heteroatoms. The van der Waals surface area contributed by atoms with Crippen LogP contribution < -0.4 is 10.0 Å². The Bertz CT molecular complexity index is 890. The minimum absolute atomic E-state index is 0.0472. The van der Waals surface area contributed by atoms with Crippen LogP contribution in [0.1, 0.15) is 17.3 Å². The number of benzene rings is 2. The summed E-state index contributed by atoms with van der Waals surface area (Å²) in [5.41, 5.74) is 1.18. The van der Waals surface area contributed by atoms with Gasteiger partial charge >= 0.3 is 0 Å². The number of anilines is 2. The molecule has 0 radical (unpaired) electrons. The molecule has 0 unspecified atom stereocenters. The first kappa shape index (κ1) is 18.5. The van der Waals surface area contributed by atoms with Crippen molar-refractivity contribution in [1.82, 2.24) is 4.90 Å². The van der Waals surface area contributed by atoms with Crippen molar-refractivity contribution in [1.29, 1.82) is 0 Å². The number of carbonyl (C=O) groups excluding carboxylic acids is 2. The zero-order chi connectivity index (χ0) is 18.6. The van der Waals surface area contributed by atoms with Gasteiger partial charge in [-0.15, -0.1) is 0 Å². The summed E-state index contributed by atoms with van der Waals surface area (Å²) in [5.74, 6) is -0.461. The molecule has 0 aliphatic carbocycles. The molecule has 2 amide bonds. The van der Waals surface area contributed by atoms with Gasteiger partial charge in [-0.05, 0) is 42.5 Å². The Labute approximate surface area is 146 Å². The van der Waals surface area contributed by atoms with Gasteiger partial charge in [0.15, 0.2) is 0 Å². The number of hydrogen-bond donors (Lipinski definition) is 2. The van der Waals surface area contributed by atoms with Crippen LogP contribution in [0.5, 0.6) is 0 Å². The van der Waals surface area contributed by atoms with Crippen molar-refractivity contribution in [3.05, 3.63) is 54.1 Å². The fraction of sp³-hybridized carbons (Fsp3) is 0.176. The average molecular weight is 361 g/mol. The van der Waals surface area contributed by atoms with Crippen molar-refractivity contribution in [3.63, 3.8) is 0 Å². The maximum absolute atomic E-state index is 12.5. The smallest absolute Gasteiger partial charge is 0.261 e. The van der Waals surface area contributed by atoms with Crippen LogP contribution >= 0.6 is 0 Å². The van der Waals surface area contributed by atoms with Gasteiger partial charge in [0.25, 0.3) is 15.9 Å². The van der Waals surface area contributed by atoms with Crippen molar-refractivity contribution < 1.29 is 18.0 Å². The highest BCUT2D eigenvalue weighted by molar-refractivity contribution is 7.92. The largest absolute Gasteiger partial charge is 0.345 e. The average Bonchev–Trinajstić information content (AvgIpc) is 2.53. The fourth-order valence-electron chi connectivity index (χ4n) is 2.11. The Morgan fingerprint density at radius 1 is 0.960 bits per heavy atom. The molecule has 0 fully saturated rings. The van der Waals surface area contributed by atoms with Crippen LogP contribution in [0.15, 0.2) is 53.4 Å². The Morgan fingerprint density at radius 3 is 2.16 bits per heavy atom. The van der Waals surface area contributed by atoms with Crippen molar-refractivity contribution in [2.45, 2.75) is 11.8 Å². The molecule has 0 aliphatic rings. The quantitative estimate of drug-likeness (QED) is 0.853. The molecular weight excluding hydrogens is 342 g/mol. The molecule has 2 aromatic rings. The lowest BCUT2D eigenvalue weighted by Crippen LogP contribution is -2.22. The number of sulfonamides is 1. The molecule has 0 aliphatic heterocycles. The molecule has 0 saturated heterocycles. The second-order valence-corrected chi connectivity index (χ2v) is 7.27. The van der Waals surface area contributed by atoms with Gasteiger partial charge < -0.3 is 10.2 Å². The summed E-state index contributed by atoms with van der Waals surface area (Å²) in [5, 5.41) is 2.57. The van der Waals surface area contributed by atoms with E-state index in [1.807, 2.05) is 0 Å². The number of amides is 2. The van der Waals surface area contributed by atoms with Crippen molar-refractivity contribution in [3.8, 4) is 0 Å². The highest BCUT2D eigenvalue weighted by Crippen LogP contribution is 2.19. The molecule has 0 bridgehead atoms. The Hall–Kier alpha value is -2.87. The molecule has 25 heavy (non-hydrogen) atoms. The molecule has 0 saturated carbocycles. The highest BCUT2D eigenvalue weighted by Gasteiger charge is 2.15. The van der Waals surface area contributed by atoms with Gasteiger partial charge in [0, 0.05) is 38.0 Å². The molecule has 132 valence electrons. The summed E-state index contributed by atoms with van der Waals surface area (Å²) < 4.78 is 27.4. The van der Waals surface area contributed by atoms with E-state index in [-0.39, 0.29) is 16.7 Å². The summed E-state index contributed by atoms with van der Waals surface area (Å²) in [6.45, 7) is 1.37. The molecule has 7 nitrogen and oxygen atoms in total. The molecule has 0 spiro atoms. The van der Waals surface area contributed by atoms with Crippen molar-refractivity contribution in [2.75, 3.05) is 24.1 Å². The van der Waals surface area contributed by atoms with Gasteiger partial charge in [0.05, 0.1) is 4.90 Å². The second-order valence-electron chi connectivity index (χ2n) is 5.59. The van der Waals surface area contributed by atoms with E-state index >= 15 is 0 Å². The minimum Gasteiger partial charge on any atom is -0.345 e. The third-order valence-corrected chi connectivity index (χ3v) is 4.65. The first-order chi connectivity index (χ1) is 11.7. The third-order valence-electron chi connectivity index (χ3n) is 3.25. The van der Waals surface area contributed by atoms with E-state index in [0.29, 0.717) is 16.9 Å². The second kappa shape index (κ2) is 7.35. The van der Waals surface area contributed by atoms with Crippen LogP contribution in [0.3, 0.4) is 0 Å². The van der Waals surface area contributed by atoms with Crippen LogP contribution in [-0.4, -0.2) is 39.2 Å². The van der Waals surface area contributed by atoms with Crippen LogP contribution in [0.4, 0.5) is 11.4 Å². The SMILES string of the molecule is CC(=O)Nc1ccc(S(=O)(=O)Nc2cccc(C(=O)N(C)C)c2)cc1. The van der Waals surface area contributed by atoms with E-state index in [0.717, 1.165) is 0 Å². The molecule has 2 rings (SSSR count). The first-order valence-corrected chi connectivity index (χ1v) is 8.89. The van der Waals surface area contributed by atoms with Crippen LogP contribution in [0, 0.1) is 0 Å². The standard InChI is InChI=1S/C17H19N3O4S/c1-12(21)18-14-7-9-16(10-8-14)25(23,24)19-15-6-4-5-13(11-15)17(22)20(2)3/h4-11,19H,1-3H3,(H,18,21). The lowest BCUT2D eigenvalue weighted by Gasteiger charge is -2.12. The topological polar surface area (TPSA) is 95.6 Å². The monoisotopic (exact) mass is 361 g/mol. The Kier molecular flexibility index (Phi) is 5.43. The normalized spacial score (nSPS) is 10.8. The van der Waals surface area contributed by atoms with Gasteiger partial charge in [-0.25, -0.2) is 8.42 Å². The van der Waals surface area contributed by atoms with Crippen LogP contribution in [0.2, 0.25) is 0 Å². The van der Waals surface area contributed by atoms with E-state index < -0.39 is 10.0 Å². The molecule has 0 aromatic heterocycles. The Morgan fingerprint density at radius 2 is 1.60 bits per heavy atom. The van der Waals surface area contributed by atoms with Gasteiger partial charge in [0.1, 0.15) is 0 Å². The minimum atomic E-state index is -3.81. The lowest BCUT2D eigenvalue weighted by atomic mass is 10.2. The van der Waals surface area contributed by atoms with E-state index in [9.17, 15) is 18.0 Å². The van der Waals surface area contributed by atoms with E-state index in [1.165, 1.54) is 42.2 Å². The van der Waals surface area contributed by atoms with Gasteiger partial charge in [-0.3, -0.25) is 14.3 Å². The highest BCUT2D eigenvalue weighted by atomic mass is 32.2. The number of nitrogens with zero attached hydrogens (tertiary/aromatic N) is 1. The number of nitrogens with one attached hydrogen (secondary N) is 2. The van der Waals surface area contributed by atoms with Gasteiger partial charge in [-0.1, -0.05) is 6.07 Å². The predicted octanol–water partition coefficient (Wildman–Crippen LogP) is 2.15. The van der Waals surface area contributed by atoms with Gasteiger partial charge in [-0.2, -0.15) is 0 Å². The zero-order valence-corrected chi connectivity index (χ0v) is 14.9.